The van der Waals surface area contributed by atoms with E-state index in [1.807, 2.05) is 0 Å². The molecule has 0 fully saturated rings. The Kier molecular flexibility index (Phi) is 2.24. The summed E-state index contributed by atoms with van der Waals surface area (Å²) < 4.78 is 28.3. The SMILES string of the molecule is [2H]c1cc(Br)c(OC)cc1C([2H])C([2H])N. The van der Waals surface area contributed by atoms with Crippen molar-refractivity contribution in [2.45, 2.75) is 6.40 Å². The van der Waals surface area contributed by atoms with Gasteiger partial charge in [-0.2, -0.15) is 0 Å². The summed E-state index contributed by atoms with van der Waals surface area (Å²) in [5.41, 5.74) is 5.71. The molecule has 12 heavy (non-hydrogen) atoms. The second-order valence-corrected chi connectivity index (χ2v) is 3.02. The number of hydrogen-bond acceptors (Lipinski definition) is 2. The quantitative estimate of drug-likeness (QED) is 0.866. The molecule has 0 aliphatic carbocycles. The molecular formula is C9H12BrNO. The Hall–Kier alpha value is -0.540. The van der Waals surface area contributed by atoms with E-state index in [2.05, 4.69) is 15.9 Å². The maximum absolute atomic E-state index is 7.66. The van der Waals surface area contributed by atoms with Gasteiger partial charge in [-0.1, -0.05) is 6.04 Å². The lowest BCUT2D eigenvalue weighted by molar-refractivity contribution is 0.411. The zero-order valence-electron chi connectivity index (χ0n) is 9.67. The highest BCUT2D eigenvalue weighted by molar-refractivity contribution is 9.10. The number of nitrogens with two attached hydrogens (primary N) is 1. The lowest BCUT2D eigenvalue weighted by Crippen LogP contribution is -2.02. The normalized spacial score (nSPS) is 18.8. The molecule has 1 aromatic carbocycles. The van der Waals surface area contributed by atoms with Crippen molar-refractivity contribution >= 4 is 15.9 Å². The molecule has 0 bridgehead atoms. The van der Waals surface area contributed by atoms with Crippen LogP contribution in [0.25, 0.3) is 0 Å². The molecule has 0 heterocycles. The Morgan fingerprint density at radius 1 is 1.83 bits per heavy atom. The van der Waals surface area contributed by atoms with Gasteiger partial charge < -0.3 is 10.5 Å². The summed E-state index contributed by atoms with van der Waals surface area (Å²) in [6.07, 6.45) is -0.931. The van der Waals surface area contributed by atoms with Gasteiger partial charge in [0.1, 0.15) is 5.75 Å². The average molecular weight is 233 g/mol. The van der Waals surface area contributed by atoms with Crippen molar-refractivity contribution < 1.29 is 8.85 Å². The van der Waals surface area contributed by atoms with Crippen molar-refractivity contribution in [3.8, 4) is 5.75 Å². The van der Waals surface area contributed by atoms with Crippen LogP contribution in [0.5, 0.6) is 5.75 Å². The largest absolute Gasteiger partial charge is 0.496 e. The van der Waals surface area contributed by atoms with E-state index in [0.717, 1.165) is 0 Å². The lowest BCUT2D eigenvalue weighted by Gasteiger charge is -2.05. The molecule has 0 aromatic heterocycles. The summed E-state index contributed by atoms with van der Waals surface area (Å²) in [5.74, 6) is 0.541. The third-order valence-electron chi connectivity index (χ3n) is 1.38. The van der Waals surface area contributed by atoms with E-state index in [1.165, 1.54) is 13.2 Å². The third kappa shape index (κ3) is 2.22. The molecule has 0 saturated heterocycles. The summed E-state index contributed by atoms with van der Waals surface area (Å²) >= 11 is 3.24. The van der Waals surface area contributed by atoms with Crippen LogP contribution in [0.15, 0.2) is 22.6 Å². The van der Waals surface area contributed by atoms with Crippen LogP contribution in [0, 0.1) is 0 Å². The predicted molar refractivity (Wildman–Crippen MR) is 53.5 cm³/mol. The molecule has 0 saturated carbocycles. The minimum Gasteiger partial charge on any atom is -0.496 e. The van der Waals surface area contributed by atoms with E-state index in [9.17, 15) is 0 Å². The summed E-state index contributed by atoms with van der Waals surface area (Å²) in [5, 5.41) is 0. The van der Waals surface area contributed by atoms with Crippen LogP contribution >= 0.6 is 15.9 Å². The minimum absolute atomic E-state index is 0.186. The number of halogens is 1. The van der Waals surface area contributed by atoms with Crippen LogP contribution in [0.4, 0.5) is 0 Å². The lowest BCUT2D eigenvalue weighted by atomic mass is 10.1. The van der Waals surface area contributed by atoms with Crippen molar-refractivity contribution in [3.05, 3.63) is 28.2 Å². The first-order chi connectivity index (χ1) is 6.97. The molecule has 0 aliphatic heterocycles. The van der Waals surface area contributed by atoms with Crippen molar-refractivity contribution in [1.82, 2.24) is 0 Å². The number of ether oxygens (including phenoxy) is 1. The molecule has 0 aliphatic rings. The maximum atomic E-state index is 7.66. The smallest absolute Gasteiger partial charge is 0.133 e. The Balaban J connectivity index is 3.18. The zero-order valence-corrected chi connectivity index (χ0v) is 8.26. The van der Waals surface area contributed by atoms with Gasteiger partial charge in [0.05, 0.1) is 13.0 Å². The first kappa shape index (κ1) is 6.00. The van der Waals surface area contributed by atoms with Gasteiger partial charge in [0.15, 0.2) is 0 Å². The monoisotopic (exact) mass is 232 g/mol. The van der Waals surface area contributed by atoms with Crippen molar-refractivity contribution in [2.75, 3.05) is 13.6 Å². The Bertz CT molecular complexity index is 359. The molecule has 0 spiro atoms. The Labute approximate surface area is 85.1 Å². The van der Waals surface area contributed by atoms with Crippen LogP contribution in [0.1, 0.15) is 9.68 Å². The van der Waals surface area contributed by atoms with E-state index < -0.39 is 12.9 Å². The van der Waals surface area contributed by atoms with E-state index in [-0.39, 0.29) is 6.04 Å². The number of benzene rings is 1. The Morgan fingerprint density at radius 2 is 2.58 bits per heavy atom. The molecule has 2 N–H and O–H groups in total. The predicted octanol–water partition coefficient (Wildman–Crippen LogP) is 1.96. The van der Waals surface area contributed by atoms with Gasteiger partial charge in [0.2, 0.25) is 0 Å². The third-order valence-corrected chi connectivity index (χ3v) is 2.00. The highest BCUT2D eigenvalue weighted by Gasteiger charge is 1.99. The molecule has 3 heteroatoms. The number of hydrogen-bond donors (Lipinski definition) is 1. The Morgan fingerprint density at radius 3 is 3.17 bits per heavy atom. The summed E-state index contributed by atoms with van der Waals surface area (Å²) in [4.78, 5) is 0. The standard InChI is InChI=1S/C9H12BrNO/c1-12-9-6-7(4-5-11)2-3-8(9)10/h2-3,6H,4-5,11H2,1H3/i2D,4D,5D. The van der Waals surface area contributed by atoms with Gasteiger partial charge in [-0.15, -0.1) is 0 Å². The molecule has 0 radical (unpaired) electrons. The van der Waals surface area contributed by atoms with E-state index in [1.54, 1.807) is 6.07 Å². The molecule has 2 unspecified atom stereocenters. The van der Waals surface area contributed by atoms with Crippen LogP contribution in [-0.4, -0.2) is 13.6 Å². The summed E-state index contributed by atoms with van der Waals surface area (Å²) in [6, 6.07) is 3.29. The van der Waals surface area contributed by atoms with E-state index >= 15 is 0 Å². The molecule has 2 atom stereocenters. The van der Waals surface area contributed by atoms with Crippen LogP contribution in [0.2, 0.25) is 0 Å². The molecular weight excluding hydrogens is 218 g/mol. The fourth-order valence-corrected chi connectivity index (χ4v) is 1.22. The highest BCUT2D eigenvalue weighted by atomic mass is 79.9. The fraction of sp³-hybridized carbons (Fsp3) is 0.333. The second kappa shape index (κ2) is 4.48. The second-order valence-electron chi connectivity index (χ2n) is 2.16. The minimum atomic E-state index is -1.06. The van der Waals surface area contributed by atoms with Gasteiger partial charge >= 0.3 is 0 Å². The van der Waals surface area contributed by atoms with E-state index in [0.29, 0.717) is 15.8 Å². The average Bonchev–Trinajstić information content (AvgIpc) is 2.17. The summed E-state index contributed by atoms with van der Waals surface area (Å²) in [6.45, 7) is -1.06. The van der Waals surface area contributed by atoms with Crippen molar-refractivity contribution in [1.29, 1.82) is 0 Å². The van der Waals surface area contributed by atoms with Crippen molar-refractivity contribution in [2.24, 2.45) is 5.73 Å². The highest BCUT2D eigenvalue weighted by Crippen LogP contribution is 2.25. The number of rotatable bonds is 3. The zero-order chi connectivity index (χ0) is 11.6. The summed E-state index contributed by atoms with van der Waals surface area (Å²) in [7, 11) is 1.51. The van der Waals surface area contributed by atoms with Crippen LogP contribution < -0.4 is 10.5 Å². The van der Waals surface area contributed by atoms with Crippen LogP contribution in [0.3, 0.4) is 0 Å². The number of methoxy groups -OCH3 is 1. The fourth-order valence-electron chi connectivity index (χ4n) is 0.826. The van der Waals surface area contributed by atoms with Gasteiger partial charge in [-0.05, 0) is 46.5 Å². The molecule has 1 rings (SSSR count). The van der Waals surface area contributed by atoms with Gasteiger partial charge in [0, 0.05) is 2.74 Å². The first-order valence-electron chi connectivity index (χ1n) is 5.07. The number of aryl methyl sites for hydroxylation is 1. The maximum Gasteiger partial charge on any atom is 0.133 e. The topological polar surface area (TPSA) is 35.2 Å². The molecule has 2 nitrogen and oxygen atoms in total. The van der Waals surface area contributed by atoms with Gasteiger partial charge in [0.25, 0.3) is 0 Å². The van der Waals surface area contributed by atoms with Gasteiger partial charge in [-0.3, -0.25) is 0 Å². The molecule has 0 amide bonds. The molecule has 66 valence electrons. The first-order valence-corrected chi connectivity index (χ1v) is 4.20. The van der Waals surface area contributed by atoms with E-state index in [4.69, 9.17) is 14.6 Å². The van der Waals surface area contributed by atoms with Gasteiger partial charge in [-0.25, -0.2) is 0 Å². The molecule has 1 aromatic rings. The van der Waals surface area contributed by atoms with Crippen molar-refractivity contribution in [3.63, 3.8) is 0 Å². The van der Waals surface area contributed by atoms with Crippen LogP contribution in [-0.2, 0) is 6.40 Å².